The van der Waals surface area contributed by atoms with Crippen molar-refractivity contribution in [1.82, 2.24) is 14.9 Å². The van der Waals surface area contributed by atoms with Crippen LogP contribution in [0.2, 0.25) is 5.02 Å². The van der Waals surface area contributed by atoms with E-state index in [1.165, 1.54) is 0 Å². The molecule has 3 rings (SSSR count). The molecule has 1 N–H and O–H groups in total. The first kappa shape index (κ1) is 16.3. The molecule has 0 aliphatic rings. The molecule has 0 spiro atoms. The third-order valence-corrected chi connectivity index (χ3v) is 4.01. The lowest BCUT2D eigenvalue weighted by Crippen LogP contribution is -2.29. The molecule has 1 amide bonds. The highest BCUT2D eigenvalue weighted by Gasteiger charge is 2.13. The van der Waals surface area contributed by atoms with Crippen molar-refractivity contribution < 1.29 is 4.79 Å². The highest BCUT2D eigenvalue weighted by atomic mass is 35.5. The quantitative estimate of drug-likeness (QED) is 0.765. The molecule has 3 aromatic rings. The Morgan fingerprint density at radius 1 is 1.21 bits per heavy atom. The van der Waals surface area contributed by atoms with Crippen molar-refractivity contribution >= 4 is 17.5 Å². The highest BCUT2D eigenvalue weighted by Crippen LogP contribution is 2.18. The van der Waals surface area contributed by atoms with Gasteiger partial charge in [0.2, 0.25) is 5.91 Å². The normalized spacial score (nSPS) is 11.9. The van der Waals surface area contributed by atoms with Gasteiger partial charge in [0.15, 0.2) is 0 Å². The van der Waals surface area contributed by atoms with Crippen molar-refractivity contribution in [3.8, 4) is 5.69 Å². The molecule has 0 saturated heterocycles. The maximum atomic E-state index is 12.4. The molecule has 0 bridgehead atoms. The van der Waals surface area contributed by atoms with Crippen molar-refractivity contribution in [2.24, 2.45) is 0 Å². The highest BCUT2D eigenvalue weighted by molar-refractivity contribution is 6.30. The van der Waals surface area contributed by atoms with Crippen molar-refractivity contribution in [2.75, 3.05) is 0 Å². The lowest BCUT2D eigenvalue weighted by atomic mass is 10.2. The summed E-state index contributed by atoms with van der Waals surface area (Å²) in [5.41, 5.74) is 2.69. The Balaban J connectivity index is 1.71. The fourth-order valence-electron chi connectivity index (χ4n) is 2.60. The van der Waals surface area contributed by atoms with E-state index in [0.717, 1.165) is 17.1 Å². The molecule has 1 atom stereocenters. The molecule has 2 aromatic heterocycles. The summed E-state index contributed by atoms with van der Waals surface area (Å²) in [6, 6.07) is 17.0. The summed E-state index contributed by atoms with van der Waals surface area (Å²) >= 11 is 6.06. The van der Waals surface area contributed by atoms with Crippen LogP contribution in [0.3, 0.4) is 0 Å². The van der Waals surface area contributed by atoms with Crippen LogP contribution in [0, 0.1) is 0 Å². The Kier molecular flexibility index (Phi) is 4.96. The van der Waals surface area contributed by atoms with Gasteiger partial charge in [-0.05, 0) is 49.4 Å². The fourth-order valence-corrected chi connectivity index (χ4v) is 2.79. The summed E-state index contributed by atoms with van der Waals surface area (Å²) in [5, 5.41) is 3.65. The molecular formula is C19H18ClN3O. The number of nitrogens with one attached hydrogen (secondary N) is 1. The second-order valence-electron chi connectivity index (χ2n) is 5.57. The molecule has 0 saturated carbocycles. The summed E-state index contributed by atoms with van der Waals surface area (Å²) in [4.78, 5) is 16.6. The summed E-state index contributed by atoms with van der Waals surface area (Å²) in [7, 11) is 0. The number of pyridine rings is 1. The first-order valence-corrected chi connectivity index (χ1v) is 8.14. The molecule has 4 nitrogen and oxygen atoms in total. The Morgan fingerprint density at radius 2 is 2.08 bits per heavy atom. The second-order valence-corrected chi connectivity index (χ2v) is 6.01. The van der Waals surface area contributed by atoms with E-state index >= 15 is 0 Å². The molecular weight excluding hydrogens is 322 g/mol. The Hall–Kier alpha value is -2.59. The molecule has 2 heterocycles. The average Bonchev–Trinajstić information content (AvgIpc) is 3.03. The van der Waals surface area contributed by atoms with Crippen LogP contribution < -0.4 is 5.32 Å². The van der Waals surface area contributed by atoms with E-state index in [1.54, 1.807) is 6.20 Å². The number of benzene rings is 1. The first-order chi connectivity index (χ1) is 11.6. The molecule has 0 unspecified atom stereocenters. The van der Waals surface area contributed by atoms with Gasteiger partial charge >= 0.3 is 0 Å². The number of aromatic nitrogens is 2. The molecule has 1 aromatic carbocycles. The van der Waals surface area contributed by atoms with Gasteiger partial charge < -0.3 is 9.88 Å². The predicted molar refractivity (Wildman–Crippen MR) is 95.3 cm³/mol. The van der Waals surface area contributed by atoms with E-state index in [4.69, 9.17) is 11.6 Å². The van der Waals surface area contributed by atoms with E-state index in [1.807, 2.05) is 72.3 Å². The minimum Gasteiger partial charge on any atom is -0.348 e. The van der Waals surface area contributed by atoms with Crippen LogP contribution in [0.25, 0.3) is 5.69 Å². The van der Waals surface area contributed by atoms with Crippen LogP contribution in [0.1, 0.15) is 24.4 Å². The zero-order valence-electron chi connectivity index (χ0n) is 13.3. The van der Waals surface area contributed by atoms with Gasteiger partial charge in [-0.25, -0.2) is 0 Å². The van der Waals surface area contributed by atoms with Gasteiger partial charge in [-0.1, -0.05) is 23.7 Å². The zero-order valence-corrected chi connectivity index (χ0v) is 14.1. The van der Waals surface area contributed by atoms with Crippen molar-refractivity contribution in [2.45, 2.75) is 19.4 Å². The van der Waals surface area contributed by atoms with Gasteiger partial charge in [0.05, 0.1) is 18.2 Å². The topological polar surface area (TPSA) is 46.9 Å². The van der Waals surface area contributed by atoms with Gasteiger partial charge in [-0.3, -0.25) is 9.78 Å². The van der Waals surface area contributed by atoms with E-state index in [0.29, 0.717) is 5.02 Å². The van der Waals surface area contributed by atoms with E-state index < -0.39 is 0 Å². The van der Waals surface area contributed by atoms with Gasteiger partial charge in [0.1, 0.15) is 0 Å². The van der Waals surface area contributed by atoms with Crippen LogP contribution in [-0.2, 0) is 11.2 Å². The molecule has 0 aliphatic heterocycles. The van der Waals surface area contributed by atoms with Gasteiger partial charge in [-0.2, -0.15) is 0 Å². The summed E-state index contributed by atoms with van der Waals surface area (Å²) in [5.74, 6) is -0.0462. The molecule has 24 heavy (non-hydrogen) atoms. The largest absolute Gasteiger partial charge is 0.348 e. The number of hydrogen-bond donors (Lipinski definition) is 1. The molecule has 0 radical (unpaired) electrons. The lowest BCUT2D eigenvalue weighted by Gasteiger charge is -2.14. The third-order valence-electron chi connectivity index (χ3n) is 3.77. The minimum atomic E-state index is -0.131. The molecule has 5 heteroatoms. The van der Waals surface area contributed by atoms with Crippen molar-refractivity contribution in [1.29, 1.82) is 0 Å². The number of halogens is 1. The minimum absolute atomic E-state index is 0.0462. The lowest BCUT2D eigenvalue weighted by molar-refractivity contribution is -0.121. The van der Waals surface area contributed by atoms with Gasteiger partial charge in [0, 0.05) is 28.8 Å². The molecule has 0 fully saturated rings. The zero-order chi connectivity index (χ0) is 16.9. The van der Waals surface area contributed by atoms with E-state index in [9.17, 15) is 4.79 Å². The monoisotopic (exact) mass is 339 g/mol. The Bertz CT molecular complexity index is 829. The van der Waals surface area contributed by atoms with E-state index in [2.05, 4.69) is 10.3 Å². The average molecular weight is 340 g/mol. The number of hydrogen-bond acceptors (Lipinski definition) is 2. The van der Waals surface area contributed by atoms with Crippen LogP contribution in [-0.4, -0.2) is 15.5 Å². The standard InChI is InChI=1S/C19H18ClN3O/c1-14(18-9-2-3-10-21-18)22-19(24)13-17-8-5-11-23(17)16-7-4-6-15(20)12-16/h2-12,14H,13H2,1H3,(H,22,24)/t14-/m1/s1. The van der Waals surface area contributed by atoms with Gasteiger partial charge in [-0.15, -0.1) is 0 Å². The summed E-state index contributed by atoms with van der Waals surface area (Å²) in [6.07, 6.45) is 3.94. The Labute approximate surface area is 146 Å². The van der Waals surface area contributed by atoms with Crippen LogP contribution in [0.15, 0.2) is 67.0 Å². The summed E-state index contributed by atoms with van der Waals surface area (Å²) < 4.78 is 1.97. The number of nitrogens with zero attached hydrogens (tertiary/aromatic N) is 2. The third kappa shape index (κ3) is 3.84. The number of rotatable bonds is 5. The van der Waals surface area contributed by atoms with Crippen molar-refractivity contribution in [3.63, 3.8) is 0 Å². The summed E-state index contributed by atoms with van der Waals surface area (Å²) in [6.45, 7) is 1.93. The maximum absolute atomic E-state index is 12.4. The maximum Gasteiger partial charge on any atom is 0.226 e. The SMILES string of the molecule is C[C@@H](NC(=O)Cc1cccn1-c1cccc(Cl)c1)c1ccccn1. The smallest absolute Gasteiger partial charge is 0.226 e. The number of amides is 1. The van der Waals surface area contributed by atoms with Crippen LogP contribution in [0.5, 0.6) is 0 Å². The Morgan fingerprint density at radius 3 is 2.83 bits per heavy atom. The number of carbonyl (C=O) groups excluding carboxylic acids is 1. The molecule has 0 aliphatic carbocycles. The van der Waals surface area contributed by atoms with Gasteiger partial charge in [0.25, 0.3) is 0 Å². The predicted octanol–water partition coefficient (Wildman–Crippen LogP) is 3.95. The van der Waals surface area contributed by atoms with Crippen LogP contribution in [0.4, 0.5) is 0 Å². The van der Waals surface area contributed by atoms with Crippen molar-refractivity contribution in [3.05, 3.63) is 83.4 Å². The van der Waals surface area contributed by atoms with E-state index in [-0.39, 0.29) is 18.4 Å². The number of carbonyl (C=O) groups is 1. The fraction of sp³-hybridized carbons (Fsp3) is 0.158. The molecule has 122 valence electrons. The first-order valence-electron chi connectivity index (χ1n) is 7.76. The second kappa shape index (κ2) is 7.32. The van der Waals surface area contributed by atoms with Crippen LogP contribution >= 0.6 is 11.6 Å².